The van der Waals surface area contributed by atoms with Gasteiger partial charge in [-0.05, 0) is 22.6 Å². The van der Waals surface area contributed by atoms with Crippen LogP contribution in [-0.4, -0.2) is 18.1 Å². The van der Waals surface area contributed by atoms with Crippen LogP contribution in [0, 0.1) is 3.57 Å². The maximum absolute atomic E-state index is 12.8. The van der Waals surface area contributed by atoms with Crippen LogP contribution in [0.3, 0.4) is 0 Å². The van der Waals surface area contributed by atoms with Gasteiger partial charge >= 0.3 is 5.97 Å². The van der Waals surface area contributed by atoms with Crippen molar-refractivity contribution in [2.24, 2.45) is 0 Å². The van der Waals surface area contributed by atoms with Crippen LogP contribution in [0.25, 0.3) is 0 Å². The molecular formula is C9H9F2IN2O2. The summed E-state index contributed by atoms with van der Waals surface area (Å²) in [5, 5.41) is 0. The van der Waals surface area contributed by atoms with Crippen molar-refractivity contribution in [2.45, 2.75) is 12.8 Å². The molecule has 0 radical (unpaired) electrons. The third-order valence-corrected chi connectivity index (χ3v) is 2.84. The number of anilines is 1. The Kier molecular flexibility index (Phi) is 4.39. The fraction of sp³-hybridized carbons (Fsp3) is 0.333. The summed E-state index contributed by atoms with van der Waals surface area (Å²) in [6, 6.07) is 0. The minimum absolute atomic E-state index is 0.0359. The molecule has 0 aliphatic carbocycles. The second kappa shape index (κ2) is 5.37. The normalized spacial score (nSPS) is 10.6. The van der Waals surface area contributed by atoms with Crippen molar-refractivity contribution in [1.82, 2.24) is 4.98 Å². The van der Waals surface area contributed by atoms with Crippen molar-refractivity contribution < 1.29 is 18.3 Å². The van der Waals surface area contributed by atoms with E-state index in [-0.39, 0.29) is 26.9 Å². The Balaban J connectivity index is 3.23. The quantitative estimate of drug-likeness (QED) is 0.673. The van der Waals surface area contributed by atoms with E-state index in [0.717, 1.165) is 0 Å². The molecule has 1 heterocycles. The van der Waals surface area contributed by atoms with Gasteiger partial charge in [0.25, 0.3) is 6.43 Å². The highest BCUT2D eigenvalue weighted by Gasteiger charge is 2.22. The number of carbonyl (C=O) groups excluding carboxylic acids is 1. The van der Waals surface area contributed by atoms with E-state index in [4.69, 9.17) is 5.73 Å². The number of aromatic nitrogens is 1. The van der Waals surface area contributed by atoms with Crippen molar-refractivity contribution >= 4 is 34.4 Å². The molecule has 0 unspecified atom stereocenters. The average molecular weight is 342 g/mol. The van der Waals surface area contributed by atoms with Gasteiger partial charge in [0, 0.05) is 20.9 Å². The topological polar surface area (TPSA) is 65.2 Å². The zero-order valence-electron chi connectivity index (χ0n) is 8.34. The van der Waals surface area contributed by atoms with Crippen molar-refractivity contribution in [3.63, 3.8) is 0 Å². The van der Waals surface area contributed by atoms with Gasteiger partial charge < -0.3 is 10.5 Å². The lowest BCUT2D eigenvalue weighted by Crippen LogP contribution is -2.12. The Labute approximate surface area is 104 Å². The molecule has 0 aliphatic heterocycles. The first-order valence-corrected chi connectivity index (χ1v) is 5.33. The van der Waals surface area contributed by atoms with Gasteiger partial charge in [0.15, 0.2) is 0 Å². The van der Waals surface area contributed by atoms with Gasteiger partial charge in [0.1, 0.15) is 5.82 Å². The molecule has 0 amide bonds. The fourth-order valence-corrected chi connectivity index (χ4v) is 1.89. The molecule has 0 atom stereocenters. The fourth-order valence-electron chi connectivity index (χ4n) is 1.19. The maximum Gasteiger partial charge on any atom is 0.310 e. The highest BCUT2D eigenvalue weighted by molar-refractivity contribution is 14.1. The number of hydrogen-bond acceptors (Lipinski definition) is 4. The van der Waals surface area contributed by atoms with Crippen LogP contribution >= 0.6 is 22.6 Å². The predicted molar refractivity (Wildman–Crippen MR) is 62.0 cm³/mol. The number of carbonyl (C=O) groups is 1. The summed E-state index contributed by atoms with van der Waals surface area (Å²) in [7, 11) is 1.18. The molecule has 1 aromatic heterocycles. The number of esters is 1. The van der Waals surface area contributed by atoms with Crippen molar-refractivity contribution in [2.75, 3.05) is 12.8 Å². The summed E-state index contributed by atoms with van der Waals surface area (Å²) >= 11 is 1.73. The molecule has 1 rings (SSSR count). The SMILES string of the molecule is COC(=O)Cc1c(N)ncc(I)c1C(F)F. The van der Waals surface area contributed by atoms with Gasteiger partial charge in [0.2, 0.25) is 0 Å². The Morgan fingerprint density at radius 3 is 2.81 bits per heavy atom. The van der Waals surface area contributed by atoms with Gasteiger partial charge in [-0.3, -0.25) is 4.79 Å². The molecule has 0 fully saturated rings. The van der Waals surface area contributed by atoms with Crippen molar-refractivity contribution in [1.29, 1.82) is 0 Å². The molecule has 0 aliphatic rings. The predicted octanol–water partition coefficient (Wildman–Crippen LogP) is 1.92. The van der Waals surface area contributed by atoms with Gasteiger partial charge in [-0.15, -0.1) is 0 Å². The molecule has 0 spiro atoms. The lowest BCUT2D eigenvalue weighted by Gasteiger charge is -2.11. The number of halogens is 3. The molecule has 4 nitrogen and oxygen atoms in total. The number of alkyl halides is 2. The van der Waals surface area contributed by atoms with Gasteiger partial charge in [-0.2, -0.15) is 0 Å². The Morgan fingerprint density at radius 2 is 2.31 bits per heavy atom. The number of nitrogen functional groups attached to an aromatic ring is 1. The highest BCUT2D eigenvalue weighted by Crippen LogP contribution is 2.30. The van der Waals surface area contributed by atoms with Gasteiger partial charge in [-0.1, -0.05) is 0 Å². The summed E-state index contributed by atoms with van der Waals surface area (Å²) in [5.74, 6) is -0.696. The first-order chi connectivity index (χ1) is 7.47. The lowest BCUT2D eigenvalue weighted by molar-refractivity contribution is -0.139. The van der Waals surface area contributed by atoms with E-state index < -0.39 is 12.4 Å². The average Bonchev–Trinajstić information content (AvgIpc) is 2.22. The molecule has 2 N–H and O–H groups in total. The minimum atomic E-state index is -2.70. The number of methoxy groups -OCH3 is 1. The largest absolute Gasteiger partial charge is 0.469 e. The molecule has 0 saturated heterocycles. The summed E-state index contributed by atoms with van der Waals surface area (Å²) in [6.07, 6.45) is -1.75. The highest BCUT2D eigenvalue weighted by atomic mass is 127. The standard InChI is InChI=1S/C9H9F2IN2O2/c1-16-6(15)2-4-7(8(10)11)5(12)3-14-9(4)13/h3,8H,2H2,1H3,(H2,13,14). The van der Waals surface area contributed by atoms with E-state index in [1.165, 1.54) is 13.3 Å². The summed E-state index contributed by atoms with van der Waals surface area (Å²) in [6.45, 7) is 0. The van der Waals surface area contributed by atoms with E-state index in [2.05, 4.69) is 9.72 Å². The van der Waals surface area contributed by atoms with E-state index in [1.54, 1.807) is 22.6 Å². The lowest BCUT2D eigenvalue weighted by atomic mass is 10.1. The van der Waals surface area contributed by atoms with Crippen molar-refractivity contribution in [3.8, 4) is 0 Å². The monoisotopic (exact) mass is 342 g/mol. The molecular weight excluding hydrogens is 333 g/mol. The minimum Gasteiger partial charge on any atom is -0.469 e. The summed E-state index contributed by atoms with van der Waals surface area (Å²) < 4.78 is 30.3. The van der Waals surface area contributed by atoms with Crippen LogP contribution in [0.15, 0.2) is 6.20 Å². The van der Waals surface area contributed by atoms with Crippen LogP contribution < -0.4 is 5.73 Å². The van der Waals surface area contributed by atoms with E-state index in [0.29, 0.717) is 0 Å². The van der Waals surface area contributed by atoms with Gasteiger partial charge in [0.05, 0.1) is 13.5 Å². The second-order valence-corrected chi connectivity index (χ2v) is 4.10. The Morgan fingerprint density at radius 1 is 1.69 bits per heavy atom. The number of nitrogens with zero attached hydrogens (tertiary/aromatic N) is 1. The third-order valence-electron chi connectivity index (χ3n) is 1.98. The first-order valence-electron chi connectivity index (χ1n) is 4.25. The van der Waals surface area contributed by atoms with Crippen LogP contribution in [0.4, 0.5) is 14.6 Å². The maximum atomic E-state index is 12.8. The Hall–Kier alpha value is -0.990. The molecule has 0 aromatic carbocycles. The summed E-state index contributed by atoms with van der Waals surface area (Å²) in [5.41, 5.74) is 5.26. The second-order valence-electron chi connectivity index (χ2n) is 2.94. The first kappa shape index (κ1) is 13.1. The van der Waals surface area contributed by atoms with E-state index >= 15 is 0 Å². The van der Waals surface area contributed by atoms with Crippen molar-refractivity contribution in [3.05, 3.63) is 20.9 Å². The third kappa shape index (κ3) is 2.77. The molecule has 1 aromatic rings. The van der Waals surface area contributed by atoms with E-state index in [9.17, 15) is 13.6 Å². The number of pyridine rings is 1. The zero-order chi connectivity index (χ0) is 12.3. The van der Waals surface area contributed by atoms with Crippen LogP contribution in [0.5, 0.6) is 0 Å². The molecule has 7 heteroatoms. The number of ether oxygens (including phenoxy) is 1. The smallest absolute Gasteiger partial charge is 0.310 e. The number of hydrogen-bond donors (Lipinski definition) is 1. The molecule has 0 saturated carbocycles. The van der Waals surface area contributed by atoms with Crippen LogP contribution in [0.1, 0.15) is 17.6 Å². The molecule has 16 heavy (non-hydrogen) atoms. The number of rotatable bonds is 3. The number of nitrogens with two attached hydrogens (primary N) is 1. The van der Waals surface area contributed by atoms with Crippen LogP contribution in [0.2, 0.25) is 0 Å². The molecule has 88 valence electrons. The summed E-state index contributed by atoms with van der Waals surface area (Å²) in [4.78, 5) is 14.8. The zero-order valence-corrected chi connectivity index (χ0v) is 10.5. The van der Waals surface area contributed by atoms with Crippen LogP contribution in [-0.2, 0) is 16.0 Å². The van der Waals surface area contributed by atoms with Gasteiger partial charge in [-0.25, -0.2) is 13.8 Å². The van der Waals surface area contributed by atoms with E-state index in [1.807, 2.05) is 0 Å². The Bertz CT molecular complexity index is 413. The molecule has 0 bridgehead atoms.